The van der Waals surface area contributed by atoms with Crippen LogP contribution in [-0.4, -0.2) is 67.1 Å². The first-order valence-corrected chi connectivity index (χ1v) is 17.3. The first-order valence-electron chi connectivity index (χ1n) is 14.3. The highest BCUT2D eigenvalue weighted by molar-refractivity contribution is 6.74. The second kappa shape index (κ2) is 11.9. The minimum atomic E-state index is -1.99. The topological polar surface area (TPSA) is 94.2 Å². The summed E-state index contributed by atoms with van der Waals surface area (Å²) in [6.45, 7) is 25.1. The van der Waals surface area contributed by atoms with E-state index in [2.05, 4.69) is 46.1 Å². The van der Waals surface area contributed by atoms with Crippen LogP contribution >= 0.6 is 0 Å². The zero-order chi connectivity index (χ0) is 29.3. The van der Waals surface area contributed by atoms with Gasteiger partial charge in [-0.25, -0.2) is 9.59 Å². The van der Waals surface area contributed by atoms with E-state index in [-0.39, 0.29) is 28.9 Å². The Morgan fingerprint density at radius 1 is 1.00 bits per heavy atom. The van der Waals surface area contributed by atoms with Gasteiger partial charge in [0.15, 0.2) is 8.32 Å². The number of alkyl carbamates (subject to hydrolysis) is 1. The number of carbonyl (C=O) groups excluding carboxylic acids is 3. The van der Waals surface area contributed by atoms with Crippen LogP contribution in [0.4, 0.5) is 4.79 Å². The summed E-state index contributed by atoms with van der Waals surface area (Å²) in [5.74, 6) is 0.0291. The molecular weight excluding hydrogens is 500 g/mol. The lowest BCUT2D eigenvalue weighted by molar-refractivity contribution is -0.164. The normalized spacial score (nSPS) is 25.2. The molecule has 9 heteroatoms. The van der Waals surface area contributed by atoms with Crippen molar-refractivity contribution in [2.45, 2.75) is 149 Å². The van der Waals surface area contributed by atoms with Gasteiger partial charge in [-0.1, -0.05) is 27.7 Å². The molecule has 0 spiro atoms. The van der Waals surface area contributed by atoms with E-state index in [0.717, 1.165) is 19.3 Å². The lowest BCUT2D eigenvalue weighted by Gasteiger charge is -2.42. The lowest BCUT2D eigenvalue weighted by Crippen LogP contribution is -2.54. The summed E-state index contributed by atoms with van der Waals surface area (Å²) in [5.41, 5.74) is -1.33. The molecule has 2 fully saturated rings. The molecule has 4 atom stereocenters. The number of carbonyl (C=O) groups is 3. The molecular formula is C29H54N2O6Si. The maximum absolute atomic E-state index is 13.8. The van der Waals surface area contributed by atoms with Crippen molar-refractivity contribution in [1.82, 2.24) is 10.2 Å². The van der Waals surface area contributed by atoms with Crippen molar-refractivity contribution >= 4 is 26.3 Å². The van der Waals surface area contributed by atoms with Crippen LogP contribution in [0.15, 0.2) is 0 Å². The van der Waals surface area contributed by atoms with Gasteiger partial charge in [0.05, 0.1) is 0 Å². The number of esters is 1. The van der Waals surface area contributed by atoms with Gasteiger partial charge in [-0.2, -0.15) is 0 Å². The van der Waals surface area contributed by atoms with Gasteiger partial charge in [-0.15, -0.1) is 0 Å². The summed E-state index contributed by atoms with van der Waals surface area (Å²) in [4.78, 5) is 41.4. The van der Waals surface area contributed by atoms with E-state index in [1.54, 1.807) is 25.7 Å². The number of hydrogen-bond donors (Lipinski definition) is 1. The van der Waals surface area contributed by atoms with Gasteiger partial charge < -0.3 is 24.1 Å². The zero-order valence-electron chi connectivity index (χ0n) is 26.0. The summed E-state index contributed by atoms with van der Waals surface area (Å²) in [6.07, 6.45) is 2.77. The van der Waals surface area contributed by atoms with Crippen LogP contribution in [0.1, 0.15) is 101 Å². The third kappa shape index (κ3) is 8.20. The van der Waals surface area contributed by atoms with Gasteiger partial charge in [-0.05, 0) is 104 Å². The third-order valence-electron chi connectivity index (χ3n) is 8.62. The largest absolute Gasteiger partial charge is 0.458 e. The maximum Gasteiger partial charge on any atom is 0.408 e. The van der Waals surface area contributed by atoms with Gasteiger partial charge in [0.2, 0.25) is 5.91 Å². The Hall–Kier alpha value is -1.61. The molecule has 0 aromatic heterocycles. The molecule has 0 radical (unpaired) electrons. The van der Waals surface area contributed by atoms with Crippen LogP contribution in [0.2, 0.25) is 18.1 Å². The smallest absolute Gasteiger partial charge is 0.408 e. The molecule has 1 N–H and O–H groups in total. The molecule has 0 aromatic rings. The molecule has 38 heavy (non-hydrogen) atoms. The molecule has 8 nitrogen and oxygen atoms in total. The highest BCUT2D eigenvalue weighted by Crippen LogP contribution is 2.45. The van der Waals surface area contributed by atoms with Gasteiger partial charge in [0, 0.05) is 12.6 Å². The van der Waals surface area contributed by atoms with Crippen LogP contribution in [0.25, 0.3) is 0 Å². The summed E-state index contributed by atoms with van der Waals surface area (Å²) in [6, 6.07) is -1.49. The Morgan fingerprint density at radius 3 is 2.11 bits per heavy atom. The Labute approximate surface area is 232 Å². The van der Waals surface area contributed by atoms with E-state index in [4.69, 9.17) is 13.9 Å². The zero-order valence-corrected chi connectivity index (χ0v) is 27.0. The van der Waals surface area contributed by atoms with Gasteiger partial charge in [0.25, 0.3) is 0 Å². The van der Waals surface area contributed by atoms with Crippen LogP contribution in [0.3, 0.4) is 0 Å². The van der Waals surface area contributed by atoms with E-state index >= 15 is 0 Å². The number of nitrogens with one attached hydrogen (secondary N) is 1. The number of rotatable bonds is 8. The molecule has 2 aliphatic rings. The summed E-state index contributed by atoms with van der Waals surface area (Å²) < 4.78 is 17.8. The molecule has 2 saturated heterocycles. The molecule has 220 valence electrons. The third-order valence-corrected chi connectivity index (χ3v) is 13.2. The van der Waals surface area contributed by atoms with Crippen LogP contribution in [0.5, 0.6) is 0 Å². The molecule has 0 bridgehead atoms. The van der Waals surface area contributed by atoms with Crippen molar-refractivity contribution in [1.29, 1.82) is 0 Å². The average Bonchev–Trinajstić information content (AvgIpc) is 3.00. The molecule has 2 amide bonds. The van der Waals surface area contributed by atoms with E-state index in [0.29, 0.717) is 25.4 Å². The van der Waals surface area contributed by atoms with E-state index in [9.17, 15) is 14.4 Å². The van der Waals surface area contributed by atoms with Crippen LogP contribution < -0.4 is 5.32 Å². The molecule has 0 aliphatic carbocycles. The van der Waals surface area contributed by atoms with E-state index in [1.807, 2.05) is 20.8 Å². The monoisotopic (exact) mass is 554 g/mol. The van der Waals surface area contributed by atoms with Crippen molar-refractivity contribution in [3.63, 3.8) is 0 Å². The second-order valence-electron chi connectivity index (χ2n) is 14.5. The predicted molar refractivity (Wildman–Crippen MR) is 152 cm³/mol. The van der Waals surface area contributed by atoms with Gasteiger partial charge >= 0.3 is 12.1 Å². The second-order valence-corrected chi connectivity index (χ2v) is 19.1. The highest BCUT2D eigenvalue weighted by atomic mass is 28.4. The summed E-state index contributed by atoms with van der Waals surface area (Å²) in [7, 11) is -1.99. The molecule has 2 rings (SSSR count). The summed E-state index contributed by atoms with van der Waals surface area (Å²) in [5, 5.41) is 2.88. The number of ether oxygens (including phenoxy) is 2. The van der Waals surface area contributed by atoms with Crippen molar-refractivity contribution in [2.75, 3.05) is 6.61 Å². The predicted octanol–water partition coefficient (Wildman–Crippen LogP) is 6.04. The fourth-order valence-corrected chi connectivity index (χ4v) is 7.75. The fraction of sp³-hybridized carbons (Fsp3) is 0.897. The number of amides is 2. The molecule has 0 unspecified atom stereocenters. The minimum absolute atomic E-state index is 0.0862. The number of fused-ring (bicyclic) bond motifs is 1. The Kier molecular flexibility index (Phi) is 10.2. The molecule has 0 aromatic carbocycles. The average molecular weight is 555 g/mol. The van der Waals surface area contributed by atoms with E-state index < -0.39 is 37.7 Å². The summed E-state index contributed by atoms with van der Waals surface area (Å²) >= 11 is 0. The minimum Gasteiger partial charge on any atom is -0.458 e. The first-order chi connectivity index (χ1) is 17.2. The highest BCUT2D eigenvalue weighted by Gasteiger charge is 2.51. The van der Waals surface area contributed by atoms with Crippen molar-refractivity contribution in [3.05, 3.63) is 0 Å². The van der Waals surface area contributed by atoms with E-state index in [1.165, 1.54) is 0 Å². The van der Waals surface area contributed by atoms with Crippen molar-refractivity contribution in [2.24, 2.45) is 11.8 Å². The van der Waals surface area contributed by atoms with Crippen LogP contribution in [0, 0.1) is 11.8 Å². The SMILES string of the molecule is CC(C)C(C)(C)[Si](C)(C)OCC[C@H]1C[C@@H](C(=O)OC(C)(C)C)N2C(=O)[C@H](NC(=O)OC(C)(C)C)CCC[C@H]12. The quantitative estimate of drug-likeness (QED) is 0.290. The van der Waals surface area contributed by atoms with Gasteiger partial charge in [0.1, 0.15) is 23.3 Å². The van der Waals surface area contributed by atoms with Gasteiger partial charge in [-0.3, -0.25) is 4.79 Å². The fourth-order valence-electron chi connectivity index (χ4n) is 5.36. The number of hydrogen-bond acceptors (Lipinski definition) is 6. The Balaban J connectivity index is 2.24. The standard InChI is InChI=1S/C29H54N2O6Si/c1-19(2)29(9,10)38(11,12)35-17-16-20-18-23(25(33)36-27(3,4)5)31-22(20)15-13-14-21(24(31)32)30-26(34)37-28(6,7)8/h19-23H,13-18H2,1-12H3,(H,30,34)/t20-,21+,22+,23-/m0/s1. The van der Waals surface area contributed by atoms with Crippen LogP contribution in [-0.2, 0) is 23.5 Å². The molecule has 2 heterocycles. The Bertz CT molecular complexity index is 858. The van der Waals surface area contributed by atoms with Crippen molar-refractivity contribution in [3.8, 4) is 0 Å². The maximum atomic E-state index is 13.8. The Morgan fingerprint density at radius 2 is 1.58 bits per heavy atom. The lowest BCUT2D eigenvalue weighted by atomic mass is 9.92. The first kappa shape index (κ1) is 32.6. The van der Waals surface area contributed by atoms with Crippen molar-refractivity contribution < 1.29 is 28.3 Å². The number of nitrogens with zero attached hydrogens (tertiary/aromatic N) is 1. The molecule has 0 saturated carbocycles. The molecule has 2 aliphatic heterocycles.